The highest BCUT2D eigenvalue weighted by Gasteiger charge is 2.21. The molecule has 0 aliphatic heterocycles. The normalized spacial score (nSPS) is 13.0. The van der Waals surface area contributed by atoms with E-state index in [1.165, 1.54) is 12.1 Å². The molecule has 0 bridgehead atoms. The van der Waals surface area contributed by atoms with Crippen molar-refractivity contribution in [2.24, 2.45) is 5.73 Å². The van der Waals surface area contributed by atoms with Crippen LogP contribution < -0.4 is 5.73 Å². The number of rotatable bonds is 3. The monoisotopic (exact) mass is 325 g/mol. The first-order chi connectivity index (χ1) is 8.91. The van der Waals surface area contributed by atoms with E-state index in [9.17, 15) is 4.39 Å². The minimum absolute atomic E-state index is 0.196. The van der Waals surface area contributed by atoms with Gasteiger partial charge in [-0.1, -0.05) is 6.07 Å². The summed E-state index contributed by atoms with van der Waals surface area (Å²) >= 11 is 3.47. The molecule has 0 aliphatic rings. The number of benzene rings is 1. The predicted molar refractivity (Wildman–Crippen MR) is 77.5 cm³/mol. The lowest BCUT2D eigenvalue weighted by molar-refractivity contribution is 0.497. The maximum atomic E-state index is 13.4. The minimum atomic E-state index is -0.407. The molecule has 5 heteroatoms. The van der Waals surface area contributed by atoms with Gasteiger partial charge in [-0.3, -0.25) is 4.68 Å². The van der Waals surface area contributed by atoms with Gasteiger partial charge in [0.15, 0.2) is 0 Å². The Kier molecular flexibility index (Phi) is 4.06. The van der Waals surface area contributed by atoms with Gasteiger partial charge in [-0.25, -0.2) is 4.39 Å². The molecule has 1 unspecified atom stereocenters. The van der Waals surface area contributed by atoms with Gasteiger partial charge in [0.1, 0.15) is 5.82 Å². The maximum absolute atomic E-state index is 13.4. The third kappa shape index (κ3) is 2.72. The second-order valence-electron chi connectivity index (χ2n) is 4.89. The summed E-state index contributed by atoms with van der Waals surface area (Å²) in [6.45, 7) is 6.00. The first-order valence-electron chi connectivity index (χ1n) is 6.16. The fourth-order valence-electron chi connectivity index (χ4n) is 2.15. The van der Waals surface area contributed by atoms with E-state index in [2.05, 4.69) is 21.0 Å². The molecule has 0 radical (unpaired) electrons. The Morgan fingerprint density at radius 1 is 1.37 bits per heavy atom. The summed E-state index contributed by atoms with van der Waals surface area (Å²) in [5, 5.41) is 4.31. The molecule has 0 saturated heterocycles. The lowest BCUT2D eigenvalue weighted by Gasteiger charge is -2.19. The van der Waals surface area contributed by atoms with E-state index in [0.29, 0.717) is 0 Å². The third-order valence-corrected chi connectivity index (χ3v) is 3.76. The number of hydrogen-bond donors (Lipinski definition) is 1. The van der Waals surface area contributed by atoms with Crippen molar-refractivity contribution in [1.29, 1.82) is 0 Å². The van der Waals surface area contributed by atoms with Crippen molar-refractivity contribution < 1.29 is 4.39 Å². The van der Waals surface area contributed by atoms with Gasteiger partial charge in [0, 0.05) is 6.04 Å². The molecule has 3 nitrogen and oxygen atoms in total. The lowest BCUT2D eigenvalue weighted by Crippen LogP contribution is -2.20. The Balaban J connectivity index is 2.52. The Bertz CT molecular complexity index is 592. The van der Waals surface area contributed by atoms with Crippen LogP contribution in [0.2, 0.25) is 0 Å². The van der Waals surface area contributed by atoms with E-state index in [4.69, 9.17) is 5.73 Å². The lowest BCUT2D eigenvalue weighted by atomic mass is 9.99. The van der Waals surface area contributed by atoms with Gasteiger partial charge in [0.25, 0.3) is 0 Å². The van der Waals surface area contributed by atoms with Gasteiger partial charge in [-0.2, -0.15) is 5.10 Å². The quantitative estimate of drug-likeness (QED) is 0.934. The Hall–Kier alpha value is -1.20. The second-order valence-corrected chi connectivity index (χ2v) is 5.75. The van der Waals surface area contributed by atoms with E-state index in [1.807, 2.05) is 25.5 Å². The van der Waals surface area contributed by atoms with Crippen molar-refractivity contribution in [2.75, 3.05) is 0 Å². The third-order valence-electron chi connectivity index (χ3n) is 3.15. The molecule has 2 rings (SSSR count). The van der Waals surface area contributed by atoms with Crippen LogP contribution in [0.1, 0.15) is 42.8 Å². The Morgan fingerprint density at radius 3 is 2.68 bits per heavy atom. The molecule has 0 saturated carbocycles. The maximum Gasteiger partial charge on any atom is 0.123 e. The van der Waals surface area contributed by atoms with E-state index in [1.54, 1.807) is 12.3 Å². The summed E-state index contributed by atoms with van der Waals surface area (Å²) in [4.78, 5) is 0. The van der Waals surface area contributed by atoms with E-state index >= 15 is 0 Å². The molecule has 1 aromatic heterocycles. The zero-order valence-corrected chi connectivity index (χ0v) is 12.8. The largest absolute Gasteiger partial charge is 0.319 e. The van der Waals surface area contributed by atoms with Gasteiger partial charge < -0.3 is 5.73 Å². The van der Waals surface area contributed by atoms with Crippen LogP contribution in [-0.2, 0) is 0 Å². The number of nitrogens with two attached hydrogens (primary N) is 1. The molecule has 102 valence electrons. The molecule has 1 aromatic carbocycles. The average Bonchev–Trinajstić information content (AvgIpc) is 2.73. The van der Waals surface area contributed by atoms with Crippen LogP contribution in [0, 0.1) is 12.7 Å². The molecule has 2 N–H and O–H groups in total. The molecule has 19 heavy (non-hydrogen) atoms. The molecule has 0 spiro atoms. The molecule has 0 fully saturated rings. The first kappa shape index (κ1) is 14.2. The van der Waals surface area contributed by atoms with Crippen LogP contribution in [-0.4, -0.2) is 9.78 Å². The number of aromatic nitrogens is 2. The summed E-state index contributed by atoms with van der Waals surface area (Å²) in [6.07, 6.45) is 1.73. The number of halogens is 2. The molecule has 1 heterocycles. The van der Waals surface area contributed by atoms with Crippen molar-refractivity contribution in [1.82, 2.24) is 9.78 Å². The van der Waals surface area contributed by atoms with E-state index in [-0.39, 0.29) is 11.9 Å². The number of aryl methyl sites for hydroxylation is 1. The molecule has 2 aromatic rings. The smallest absolute Gasteiger partial charge is 0.123 e. The standard InChI is InChI=1S/C14H17BrFN3/c1-8(2)19-14(12(15)7-18-19)13(17)11-6-10(16)5-4-9(11)3/h4-8,13H,17H2,1-3H3. The fraction of sp³-hybridized carbons (Fsp3) is 0.357. The molecule has 1 atom stereocenters. The van der Waals surface area contributed by atoms with Gasteiger partial charge in [0.05, 0.1) is 22.4 Å². The topological polar surface area (TPSA) is 43.8 Å². The van der Waals surface area contributed by atoms with Crippen molar-refractivity contribution in [3.05, 3.63) is 51.5 Å². The zero-order valence-electron chi connectivity index (χ0n) is 11.2. The number of hydrogen-bond acceptors (Lipinski definition) is 2. The van der Waals surface area contributed by atoms with Gasteiger partial charge >= 0.3 is 0 Å². The Morgan fingerprint density at radius 2 is 2.05 bits per heavy atom. The first-order valence-corrected chi connectivity index (χ1v) is 6.95. The molecular weight excluding hydrogens is 309 g/mol. The van der Waals surface area contributed by atoms with E-state index < -0.39 is 6.04 Å². The molecular formula is C14H17BrFN3. The van der Waals surface area contributed by atoms with Crippen molar-refractivity contribution >= 4 is 15.9 Å². The van der Waals surface area contributed by atoms with Crippen LogP contribution in [0.3, 0.4) is 0 Å². The Labute approximate surface area is 120 Å². The SMILES string of the molecule is Cc1ccc(F)cc1C(N)c1c(Br)cnn1C(C)C. The van der Waals surface area contributed by atoms with Crippen LogP contribution in [0.4, 0.5) is 4.39 Å². The highest BCUT2D eigenvalue weighted by molar-refractivity contribution is 9.10. The fourth-order valence-corrected chi connectivity index (χ4v) is 2.67. The molecule has 0 aliphatic carbocycles. The number of nitrogens with zero attached hydrogens (tertiary/aromatic N) is 2. The summed E-state index contributed by atoms with van der Waals surface area (Å²) in [5.41, 5.74) is 8.93. The van der Waals surface area contributed by atoms with E-state index in [0.717, 1.165) is 21.3 Å². The van der Waals surface area contributed by atoms with Crippen LogP contribution >= 0.6 is 15.9 Å². The van der Waals surface area contributed by atoms with Crippen LogP contribution in [0.25, 0.3) is 0 Å². The van der Waals surface area contributed by atoms with Gasteiger partial charge in [0.2, 0.25) is 0 Å². The van der Waals surface area contributed by atoms with Crippen molar-refractivity contribution in [3.63, 3.8) is 0 Å². The van der Waals surface area contributed by atoms with Crippen LogP contribution in [0.15, 0.2) is 28.9 Å². The highest BCUT2D eigenvalue weighted by Crippen LogP contribution is 2.30. The summed E-state index contributed by atoms with van der Waals surface area (Å²) in [6, 6.07) is 4.47. The summed E-state index contributed by atoms with van der Waals surface area (Å²) < 4.78 is 16.1. The van der Waals surface area contributed by atoms with Gasteiger partial charge in [-0.15, -0.1) is 0 Å². The van der Waals surface area contributed by atoms with Crippen molar-refractivity contribution in [3.8, 4) is 0 Å². The minimum Gasteiger partial charge on any atom is -0.319 e. The second kappa shape index (κ2) is 5.43. The molecule has 0 amide bonds. The predicted octanol–water partition coefficient (Wildman–Crippen LogP) is 3.72. The van der Waals surface area contributed by atoms with Crippen LogP contribution in [0.5, 0.6) is 0 Å². The highest BCUT2D eigenvalue weighted by atomic mass is 79.9. The van der Waals surface area contributed by atoms with Crippen molar-refractivity contribution in [2.45, 2.75) is 32.9 Å². The zero-order chi connectivity index (χ0) is 14.2. The summed E-state index contributed by atoms with van der Waals surface area (Å²) in [5.74, 6) is -0.275. The van der Waals surface area contributed by atoms with Gasteiger partial charge in [-0.05, 0) is 60.0 Å². The average molecular weight is 326 g/mol. The summed E-state index contributed by atoms with van der Waals surface area (Å²) in [7, 11) is 0.